The second kappa shape index (κ2) is 5.40. The number of nitrogens with one attached hydrogen (secondary N) is 1. The van der Waals surface area contributed by atoms with E-state index in [0.29, 0.717) is 12.8 Å². The predicted octanol–water partition coefficient (Wildman–Crippen LogP) is 2.52. The number of benzene rings is 1. The van der Waals surface area contributed by atoms with Crippen LogP contribution >= 0.6 is 0 Å². The Kier molecular flexibility index (Phi) is 3.80. The highest BCUT2D eigenvalue weighted by atomic mass is 16.6. The molecule has 0 aromatic heterocycles. The van der Waals surface area contributed by atoms with Gasteiger partial charge >= 0.3 is 11.7 Å². The van der Waals surface area contributed by atoms with Crippen molar-refractivity contribution in [3.05, 3.63) is 33.9 Å². The van der Waals surface area contributed by atoms with E-state index in [-0.39, 0.29) is 16.9 Å². The lowest BCUT2D eigenvalue weighted by molar-refractivity contribution is -0.384. The van der Waals surface area contributed by atoms with Gasteiger partial charge in [-0.2, -0.15) is 5.26 Å². The van der Waals surface area contributed by atoms with Gasteiger partial charge in [0.1, 0.15) is 17.3 Å². The smallest absolute Gasteiger partial charge is 0.311 e. The van der Waals surface area contributed by atoms with Crippen molar-refractivity contribution in [2.75, 3.05) is 5.32 Å². The van der Waals surface area contributed by atoms with E-state index in [0.717, 1.165) is 6.42 Å². The highest BCUT2D eigenvalue weighted by Gasteiger charge is 2.45. The van der Waals surface area contributed by atoms with E-state index in [1.807, 2.05) is 0 Å². The number of para-hydroxylation sites is 1. The molecule has 1 fully saturated rings. The fourth-order valence-electron chi connectivity index (χ4n) is 2.79. The van der Waals surface area contributed by atoms with Crippen molar-refractivity contribution in [3.8, 4) is 6.07 Å². The van der Waals surface area contributed by atoms with Crippen molar-refractivity contribution in [1.82, 2.24) is 0 Å². The van der Waals surface area contributed by atoms with Crippen molar-refractivity contribution in [2.24, 2.45) is 5.41 Å². The molecule has 0 saturated heterocycles. The van der Waals surface area contributed by atoms with Gasteiger partial charge in [-0.1, -0.05) is 12.5 Å². The maximum atomic E-state index is 11.4. The first kappa shape index (κ1) is 14.8. The number of nitro benzene ring substituents is 1. The largest absolute Gasteiger partial charge is 0.481 e. The minimum Gasteiger partial charge on any atom is -0.481 e. The lowest BCUT2D eigenvalue weighted by Gasteiger charge is -2.28. The molecule has 1 saturated carbocycles. The van der Waals surface area contributed by atoms with Crippen LogP contribution in [-0.4, -0.2) is 22.0 Å². The highest BCUT2D eigenvalue weighted by Crippen LogP contribution is 2.41. The van der Waals surface area contributed by atoms with Gasteiger partial charge in [0.25, 0.3) is 0 Å². The Labute approximate surface area is 121 Å². The van der Waals surface area contributed by atoms with E-state index in [4.69, 9.17) is 5.26 Å². The Hall–Kier alpha value is -2.62. The van der Waals surface area contributed by atoms with E-state index >= 15 is 0 Å². The third kappa shape index (κ3) is 2.52. The molecule has 110 valence electrons. The average molecular weight is 289 g/mol. The first-order chi connectivity index (χ1) is 9.90. The second-order valence-electron chi connectivity index (χ2n) is 5.38. The minimum atomic E-state index is -0.962. The zero-order chi connectivity index (χ0) is 15.6. The molecular weight excluding hydrogens is 274 g/mol. The first-order valence-electron chi connectivity index (χ1n) is 6.57. The summed E-state index contributed by atoms with van der Waals surface area (Å²) < 4.78 is 0. The zero-order valence-corrected chi connectivity index (χ0v) is 11.5. The molecule has 7 heteroatoms. The van der Waals surface area contributed by atoms with Gasteiger partial charge in [0.05, 0.1) is 10.3 Å². The molecule has 2 atom stereocenters. The average Bonchev–Trinajstić information content (AvgIpc) is 2.81. The maximum Gasteiger partial charge on any atom is 0.311 e. The highest BCUT2D eigenvalue weighted by molar-refractivity contribution is 5.77. The Balaban J connectivity index is 2.39. The van der Waals surface area contributed by atoms with E-state index in [1.165, 1.54) is 12.1 Å². The monoisotopic (exact) mass is 289 g/mol. The maximum absolute atomic E-state index is 11.4. The predicted molar refractivity (Wildman–Crippen MR) is 74.8 cm³/mol. The van der Waals surface area contributed by atoms with Gasteiger partial charge in [-0.3, -0.25) is 14.9 Å². The van der Waals surface area contributed by atoms with Gasteiger partial charge in [0.2, 0.25) is 0 Å². The van der Waals surface area contributed by atoms with Gasteiger partial charge in [0.15, 0.2) is 0 Å². The van der Waals surface area contributed by atoms with Gasteiger partial charge in [-0.15, -0.1) is 0 Å². The van der Waals surface area contributed by atoms with Gasteiger partial charge < -0.3 is 10.4 Å². The molecular formula is C14H15N3O4. The first-order valence-corrected chi connectivity index (χ1v) is 6.57. The van der Waals surface area contributed by atoms with Crippen molar-refractivity contribution in [1.29, 1.82) is 5.26 Å². The fraction of sp³-hybridized carbons (Fsp3) is 0.429. The summed E-state index contributed by atoms with van der Waals surface area (Å²) in [6, 6.07) is 5.80. The number of nitrogens with zero attached hydrogens (tertiary/aromatic N) is 2. The van der Waals surface area contributed by atoms with E-state index in [1.54, 1.807) is 19.1 Å². The van der Waals surface area contributed by atoms with Gasteiger partial charge in [-0.05, 0) is 31.9 Å². The van der Waals surface area contributed by atoms with Crippen LogP contribution in [0.3, 0.4) is 0 Å². The van der Waals surface area contributed by atoms with Crippen molar-refractivity contribution in [3.63, 3.8) is 0 Å². The normalized spacial score (nSPS) is 24.3. The Morgan fingerprint density at radius 2 is 2.33 bits per heavy atom. The van der Waals surface area contributed by atoms with Crippen molar-refractivity contribution >= 4 is 17.3 Å². The van der Waals surface area contributed by atoms with Crippen LogP contribution in [0.25, 0.3) is 0 Å². The number of carboxylic acids is 1. The fourth-order valence-corrected chi connectivity index (χ4v) is 2.79. The van der Waals surface area contributed by atoms with E-state index < -0.39 is 22.3 Å². The number of nitro groups is 1. The van der Waals surface area contributed by atoms with Crippen LogP contribution in [0.1, 0.15) is 31.7 Å². The molecule has 0 amide bonds. The van der Waals surface area contributed by atoms with Crippen LogP contribution in [-0.2, 0) is 4.79 Å². The molecule has 1 aromatic carbocycles. The van der Waals surface area contributed by atoms with Crippen LogP contribution in [0.2, 0.25) is 0 Å². The van der Waals surface area contributed by atoms with Crippen LogP contribution in [0, 0.1) is 26.9 Å². The number of hydrogen-bond donors (Lipinski definition) is 2. The number of rotatable bonds is 4. The molecule has 0 aliphatic heterocycles. The molecule has 2 N–H and O–H groups in total. The molecule has 0 heterocycles. The number of aliphatic carboxylic acids is 1. The SMILES string of the molecule is CC1(C(=O)O)CCCC1Nc1cccc(C#N)c1[N+](=O)[O-]. The Bertz CT molecular complexity index is 638. The minimum absolute atomic E-state index is 0.0416. The number of nitriles is 1. The van der Waals surface area contributed by atoms with E-state index in [2.05, 4.69) is 5.32 Å². The molecule has 0 radical (unpaired) electrons. The van der Waals surface area contributed by atoms with Crippen LogP contribution in [0.5, 0.6) is 0 Å². The second-order valence-corrected chi connectivity index (χ2v) is 5.38. The van der Waals surface area contributed by atoms with Crippen molar-refractivity contribution < 1.29 is 14.8 Å². The molecule has 1 aromatic rings. The quantitative estimate of drug-likeness (QED) is 0.649. The summed E-state index contributed by atoms with van der Waals surface area (Å²) in [6.07, 6.45) is 1.88. The van der Waals surface area contributed by atoms with Crippen molar-refractivity contribution in [2.45, 2.75) is 32.2 Å². The third-order valence-corrected chi connectivity index (χ3v) is 4.12. The summed E-state index contributed by atoms with van der Waals surface area (Å²) in [5.41, 5.74) is -1.12. The molecule has 21 heavy (non-hydrogen) atoms. The van der Waals surface area contributed by atoms with Gasteiger partial charge in [-0.25, -0.2) is 0 Å². The summed E-state index contributed by atoms with van der Waals surface area (Å²) in [4.78, 5) is 22.0. The van der Waals surface area contributed by atoms with Gasteiger partial charge in [0, 0.05) is 6.04 Å². The Morgan fingerprint density at radius 1 is 1.62 bits per heavy atom. The van der Waals surface area contributed by atoms with Crippen LogP contribution in [0.4, 0.5) is 11.4 Å². The molecule has 2 rings (SSSR count). The topological polar surface area (TPSA) is 116 Å². The number of carbonyl (C=O) groups is 1. The standard InChI is InChI=1S/C14H15N3O4/c1-14(13(18)19)7-3-6-11(14)16-10-5-2-4-9(8-15)12(10)17(20)21/h2,4-5,11,16H,3,6-7H2,1H3,(H,18,19). The third-order valence-electron chi connectivity index (χ3n) is 4.12. The zero-order valence-electron chi connectivity index (χ0n) is 11.5. The molecule has 0 spiro atoms. The summed E-state index contributed by atoms with van der Waals surface area (Å²) in [5, 5.41) is 32.5. The van der Waals surface area contributed by atoms with Crippen LogP contribution < -0.4 is 5.32 Å². The molecule has 2 unspecified atom stereocenters. The number of anilines is 1. The lowest BCUT2D eigenvalue weighted by atomic mass is 9.84. The molecule has 7 nitrogen and oxygen atoms in total. The summed E-state index contributed by atoms with van der Waals surface area (Å²) in [6.45, 7) is 1.64. The summed E-state index contributed by atoms with van der Waals surface area (Å²) in [5.74, 6) is -0.920. The van der Waals surface area contributed by atoms with E-state index in [9.17, 15) is 20.0 Å². The molecule has 0 bridgehead atoms. The lowest BCUT2D eigenvalue weighted by Crippen LogP contribution is -2.40. The summed E-state index contributed by atoms with van der Waals surface area (Å²) >= 11 is 0. The Morgan fingerprint density at radius 3 is 2.90 bits per heavy atom. The summed E-state index contributed by atoms with van der Waals surface area (Å²) in [7, 11) is 0. The molecule has 1 aliphatic rings. The molecule has 1 aliphatic carbocycles. The number of hydrogen-bond acceptors (Lipinski definition) is 5. The van der Waals surface area contributed by atoms with Crippen LogP contribution in [0.15, 0.2) is 18.2 Å². The number of carboxylic acid groups (broad SMARTS) is 1.